The molecule has 0 aliphatic carbocycles. The van der Waals surface area contributed by atoms with Crippen molar-refractivity contribution in [2.24, 2.45) is 0 Å². The lowest BCUT2D eigenvalue weighted by Gasteiger charge is -2.22. The minimum Gasteiger partial charge on any atom is -0.479 e. The maximum Gasteiger partial charge on any atom is 0.337 e. The summed E-state index contributed by atoms with van der Waals surface area (Å²) < 4.78 is 0. The Morgan fingerprint density at radius 1 is 1.28 bits per heavy atom. The van der Waals surface area contributed by atoms with Crippen molar-refractivity contribution in [2.45, 2.75) is 31.8 Å². The molecule has 0 aromatic carbocycles. The zero-order chi connectivity index (χ0) is 14.2. The Balaban J connectivity index is 3.91. The second-order valence-electron chi connectivity index (χ2n) is 4.44. The van der Waals surface area contributed by atoms with E-state index >= 15 is 0 Å². The molecule has 0 aromatic heterocycles. The van der Waals surface area contributed by atoms with Crippen molar-refractivity contribution in [1.82, 2.24) is 10.2 Å². The molecule has 1 atom stereocenters. The molecule has 0 saturated carbocycles. The number of carboxylic acids is 1. The normalized spacial score (nSPS) is 13.8. The third kappa shape index (κ3) is 6.41. The van der Waals surface area contributed by atoms with Gasteiger partial charge in [-0.3, -0.25) is 0 Å². The molecule has 18 heavy (non-hydrogen) atoms. The fourth-order valence-corrected chi connectivity index (χ4v) is 1.20. The van der Waals surface area contributed by atoms with Crippen LogP contribution in [0, 0.1) is 0 Å². The molecule has 0 radical (unpaired) electrons. The van der Waals surface area contributed by atoms with E-state index in [0.29, 0.717) is 13.0 Å². The van der Waals surface area contributed by atoms with Crippen LogP contribution in [0.5, 0.6) is 0 Å². The van der Waals surface area contributed by atoms with Gasteiger partial charge in [-0.25, -0.2) is 9.59 Å². The Morgan fingerprint density at radius 3 is 2.39 bits per heavy atom. The molecule has 4 N–H and O–H groups in total. The number of aliphatic hydroxyl groups is 2. The van der Waals surface area contributed by atoms with Crippen molar-refractivity contribution in [1.29, 1.82) is 0 Å². The van der Waals surface area contributed by atoms with Gasteiger partial charge in [-0.2, -0.15) is 0 Å². The quantitative estimate of drug-likeness (QED) is 0.446. The van der Waals surface area contributed by atoms with E-state index in [1.165, 1.54) is 4.90 Å². The van der Waals surface area contributed by atoms with Crippen LogP contribution in [0.1, 0.15) is 26.2 Å². The summed E-state index contributed by atoms with van der Waals surface area (Å²) >= 11 is 0. The Hall–Kier alpha value is -1.34. The van der Waals surface area contributed by atoms with Gasteiger partial charge in [0.15, 0.2) is 5.60 Å². The maximum absolute atomic E-state index is 11.5. The van der Waals surface area contributed by atoms with Crippen molar-refractivity contribution in [3.63, 3.8) is 0 Å². The summed E-state index contributed by atoms with van der Waals surface area (Å²) in [5, 5.41) is 29.0. The van der Waals surface area contributed by atoms with Gasteiger partial charge in [0.05, 0.1) is 6.54 Å². The summed E-state index contributed by atoms with van der Waals surface area (Å²) in [6.45, 7) is 1.43. The van der Waals surface area contributed by atoms with Crippen molar-refractivity contribution < 1.29 is 24.9 Å². The Morgan fingerprint density at radius 2 is 1.89 bits per heavy atom. The first-order valence-electron chi connectivity index (χ1n) is 5.87. The van der Waals surface area contributed by atoms with E-state index < -0.39 is 17.6 Å². The minimum atomic E-state index is -1.96. The van der Waals surface area contributed by atoms with Crippen LogP contribution in [0.2, 0.25) is 0 Å². The molecule has 0 spiro atoms. The molecule has 0 heterocycles. The highest BCUT2D eigenvalue weighted by Gasteiger charge is 2.30. The topological polar surface area (TPSA) is 110 Å². The first kappa shape index (κ1) is 16.7. The second kappa shape index (κ2) is 7.88. The summed E-state index contributed by atoms with van der Waals surface area (Å²) in [7, 11) is 1.59. The Kier molecular flexibility index (Phi) is 7.30. The maximum atomic E-state index is 11.5. The van der Waals surface area contributed by atoms with Crippen molar-refractivity contribution in [3.05, 3.63) is 0 Å². The van der Waals surface area contributed by atoms with Crippen LogP contribution < -0.4 is 5.32 Å². The number of aliphatic hydroxyl groups excluding tert-OH is 1. The van der Waals surface area contributed by atoms with E-state index in [1.807, 2.05) is 0 Å². The van der Waals surface area contributed by atoms with E-state index in [1.54, 1.807) is 7.05 Å². The molecule has 0 aliphatic heterocycles. The molecule has 7 heteroatoms. The van der Waals surface area contributed by atoms with Gasteiger partial charge in [0.1, 0.15) is 0 Å². The molecule has 0 aromatic rings. The number of aliphatic carboxylic acids is 1. The molecule has 0 fully saturated rings. The highest BCUT2D eigenvalue weighted by Crippen LogP contribution is 2.02. The SMILES string of the molecule is CN(CCCCCO)C(=O)NCC(C)(O)C(=O)O. The smallest absolute Gasteiger partial charge is 0.337 e. The molecule has 2 amide bonds. The molecule has 0 bridgehead atoms. The number of amides is 2. The lowest BCUT2D eigenvalue weighted by Crippen LogP contribution is -2.49. The van der Waals surface area contributed by atoms with Gasteiger partial charge in [0.2, 0.25) is 0 Å². The number of hydrogen-bond acceptors (Lipinski definition) is 4. The van der Waals surface area contributed by atoms with Gasteiger partial charge in [-0.15, -0.1) is 0 Å². The van der Waals surface area contributed by atoms with Crippen LogP contribution >= 0.6 is 0 Å². The van der Waals surface area contributed by atoms with Gasteiger partial charge in [-0.1, -0.05) is 0 Å². The van der Waals surface area contributed by atoms with Crippen molar-refractivity contribution in [2.75, 3.05) is 26.7 Å². The van der Waals surface area contributed by atoms with Crippen LogP contribution in [0.4, 0.5) is 4.79 Å². The first-order valence-corrected chi connectivity index (χ1v) is 5.87. The molecular formula is C11H22N2O5. The van der Waals surface area contributed by atoms with Crippen LogP contribution in [0.25, 0.3) is 0 Å². The van der Waals surface area contributed by atoms with Crippen molar-refractivity contribution >= 4 is 12.0 Å². The largest absolute Gasteiger partial charge is 0.479 e. The lowest BCUT2D eigenvalue weighted by molar-refractivity contribution is -0.155. The van der Waals surface area contributed by atoms with Crippen LogP contribution in [0.3, 0.4) is 0 Å². The Labute approximate surface area is 106 Å². The monoisotopic (exact) mass is 262 g/mol. The highest BCUT2D eigenvalue weighted by molar-refractivity contribution is 5.79. The lowest BCUT2D eigenvalue weighted by atomic mass is 10.1. The van der Waals surface area contributed by atoms with Gasteiger partial charge in [0, 0.05) is 20.2 Å². The van der Waals surface area contributed by atoms with E-state index in [0.717, 1.165) is 19.8 Å². The second-order valence-corrected chi connectivity index (χ2v) is 4.44. The van der Waals surface area contributed by atoms with Gasteiger partial charge in [-0.05, 0) is 26.2 Å². The van der Waals surface area contributed by atoms with E-state index in [9.17, 15) is 14.7 Å². The summed E-state index contributed by atoms with van der Waals surface area (Å²) in [5.41, 5.74) is -1.96. The summed E-state index contributed by atoms with van der Waals surface area (Å²) in [6, 6.07) is -0.430. The van der Waals surface area contributed by atoms with Crippen LogP contribution in [0.15, 0.2) is 0 Å². The molecule has 0 rings (SSSR count). The number of nitrogens with zero attached hydrogens (tertiary/aromatic N) is 1. The molecule has 0 saturated heterocycles. The fourth-order valence-electron chi connectivity index (χ4n) is 1.20. The molecular weight excluding hydrogens is 240 g/mol. The highest BCUT2D eigenvalue weighted by atomic mass is 16.4. The first-order chi connectivity index (χ1) is 8.31. The standard InChI is InChI=1S/C11H22N2O5/c1-11(18,9(15)16)8-12-10(17)13(2)6-4-3-5-7-14/h14,18H,3-8H2,1-2H3,(H,12,17)(H,15,16). The molecule has 7 nitrogen and oxygen atoms in total. The third-order valence-corrected chi connectivity index (χ3v) is 2.54. The van der Waals surface area contributed by atoms with Crippen LogP contribution in [-0.2, 0) is 4.79 Å². The van der Waals surface area contributed by atoms with Gasteiger partial charge < -0.3 is 25.5 Å². The Bertz CT molecular complexity index is 281. The number of carbonyl (C=O) groups excluding carboxylic acids is 1. The fraction of sp³-hybridized carbons (Fsp3) is 0.818. The van der Waals surface area contributed by atoms with Crippen molar-refractivity contribution in [3.8, 4) is 0 Å². The average molecular weight is 262 g/mol. The zero-order valence-electron chi connectivity index (χ0n) is 10.8. The van der Waals surface area contributed by atoms with E-state index in [-0.39, 0.29) is 13.2 Å². The van der Waals surface area contributed by atoms with Gasteiger partial charge >= 0.3 is 12.0 Å². The predicted octanol–water partition coefficient (Wildman–Crippen LogP) is -0.374. The summed E-state index contributed by atoms with van der Waals surface area (Å²) in [5.74, 6) is -1.38. The number of carbonyl (C=O) groups is 2. The van der Waals surface area contributed by atoms with E-state index in [4.69, 9.17) is 10.2 Å². The molecule has 0 aliphatic rings. The summed E-state index contributed by atoms with van der Waals surface area (Å²) in [4.78, 5) is 23.6. The van der Waals surface area contributed by atoms with E-state index in [2.05, 4.69) is 5.32 Å². The third-order valence-electron chi connectivity index (χ3n) is 2.54. The predicted molar refractivity (Wildman–Crippen MR) is 65.2 cm³/mol. The number of hydrogen-bond donors (Lipinski definition) is 4. The number of urea groups is 1. The molecule has 106 valence electrons. The number of unbranched alkanes of at least 4 members (excludes halogenated alkanes) is 2. The summed E-state index contributed by atoms with van der Waals surface area (Å²) in [6.07, 6.45) is 2.28. The van der Waals surface area contributed by atoms with Crippen LogP contribution in [-0.4, -0.2) is 64.6 Å². The average Bonchev–Trinajstić information content (AvgIpc) is 2.31. The number of rotatable bonds is 8. The minimum absolute atomic E-state index is 0.136. The molecule has 1 unspecified atom stereocenters. The number of carboxylic acid groups (broad SMARTS) is 1. The number of nitrogens with one attached hydrogen (secondary N) is 1. The van der Waals surface area contributed by atoms with Gasteiger partial charge in [0.25, 0.3) is 0 Å². The zero-order valence-corrected chi connectivity index (χ0v) is 10.8.